The van der Waals surface area contributed by atoms with Crippen LogP contribution in [0.5, 0.6) is 0 Å². The van der Waals surface area contributed by atoms with Crippen LogP contribution >= 0.6 is 0 Å². The summed E-state index contributed by atoms with van der Waals surface area (Å²) >= 11 is 0. The van der Waals surface area contributed by atoms with Crippen LogP contribution in [0, 0.1) is 6.92 Å². The van der Waals surface area contributed by atoms with Crippen LogP contribution in [-0.4, -0.2) is 35.2 Å². The molecule has 0 aliphatic heterocycles. The van der Waals surface area contributed by atoms with Crippen LogP contribution in [0.3, 0.4) is 0 Å². The molecule has 1 aromatic carbocycles. The Bertz CT molecular complexity index is 699. The largest absolute Gasteiger partial charge is 0.381 e. The Labute approximate surface area is 115 Å². The Balaban J connectivity index is 1.82. The minimum Gasteiger partial charge on any atom is -0.381 e. The van der Waals surface area contributed by atoms with E-state index < -0.39 is 0 Å². The standard InChI is InChI=1S/C12H14N8/c1-9-12(13)15-17-19(9)8-11-14-16-18-20(11)7-10-5-3-2-4-6-10/h2-6H,7-8,13H2,1H3. The summed E-state index contributed by atoms with van der Waals surface area (Å²) in [7, 11) is 0. The van der Waals surface area contributed by atoms with E-state index in [1.165, 1.54) is 0 Å². The van der Waals surface area contributed by atoms with Gasteiger partial charge in [-0.25, -0.2) is 9.36 Å². The number of hydrogen-bond donors (Lipinski definition) is 1. The summed E-state index contributed by atoms with van der Waals surface area (Å²) in [6.45, 7) is 2.92. The third-order valence-corrected chi connectivity index (χ3v) is 3.09. The van der Waals surface area contributed by atoms with E-state index in [2.05, 4.69) is 25.8 Å². The molecule has 2 N–H and O–H groups in total. The van der Waals surface area contributed by atoms with Crippen molar-refractivity contribution in [1.29, 1.82) is 0 Å². The molecule has 2 aromatic heterocycles. The van der Waals surface area contributed by atoms with Crippen molar-refractivity contribution in [2.24, 2.45) is 0 Å². The summed E-state index contributed by atoms with van der Waals surface area (Å²) < 4.78 is 3.43. The van der Waals surface area contributed by atoms with Crippen molar-refractivity contribution in [3.05, 3.63) is 47.4 Å². The molecule has 0 saturated heterocycles. The van der Waals surface area contributed by atoms with Crippen molar-refractivity contribution < 1.29 is 0 Å². The fourth-order valence-corrected chi connectivity index (χ4v) is 1.87. The van der Waals surface area contributed by atoms with Crippen molar-refractivity contribution in [3.63, 3.8) is 0 Å². The van der Waals surface area contributed by atoms with E-state index in [0.29, 0.717) is 24.7 Å². The molecule has 0 spiro atoms. The molecule has 0 amide bonds. The van der Waals surface area contributed by atoms with E-state index in [-0.39, 0.29) is 0 Å². The Morgan fingerprint density at radius 1 is 1.00 bits per heavy atom. The quantitative estimate of drug-likeness (QED) is 0.729. The molecule has 2 heterocycles. The number of nitrogen functional groups attached to an aromatic ring is 1. The molecule has 0 bridgehead atoms. The van der Waals surface area contributed by atoms with Gasteiger partial charge in [0.25, 0.3) is 0 Å². The van der Waals surface area contributed by atoms with Crippen LogP contribution in [0.2, 0.25) is 0 Å². The molecule has 0 saturated carbocycles. The predicted octanol–water partition coefficient (Wildman–Crippen LogP) is 0.252. The van der Waals surface area contributed by atoms with Gasteiger partial charge in [0, 0.05) is 0 Å². The first-order valence-electron chi connectivity index (χ1n) is 6.18. The van der Waals surface area contributed by atoms with Crippen molar-refractivity contribution in [2.45, 2.75) is 20.0 Å². The van der Waals surface area contributed by atoms with Crippen molar-refractivity contribution in [2.75, 3.05) is 5.73 Å². The van der Waals surface area contributed by atoms with Gasteiger partial charge in [0.05, 0.1) is 12.2 Å². The first-order chi connectivity index (χ1) is 9.74. The van der Waals surface area contributed by atoms with Gasteiger partial charge < -0.3 is 5.73 Å². The van der Waals surface area contributed by atoms with Gasteiger partial charge >= 0.3 is 0 Å². The number of tetrazole rings is 1. The van der Waals surface area contributed by atoms with Crippen LogP contribution in [-0.2, 0) is 13.1 Å². The zero-order valence-electron chi connectivity index (χ0n) is 11.0. The van der Waals surface area contributed by atoms with E-state index in [0.717, 1.165) is 11.3 Å². The maximum absolute atomic E-state index is 5.68. The molecule has 0 radical (unpaired) electrons. The third kappa shape index (κ3) is 2.35. The van der Waals surface area contributed by atoms with Crippen LogP contribution < -0.4 is 5.73 Å². The summed E-state index contributed by atoms with van der Waals surface area (Å²) in [4.78, 5) is 0. The second-order valence-electron chi connectivity index (χ2n) is 4.46. The Hall–Kier alpha value is -2.77. The van der Waals surface area contributed by atoms with Gasteiger partial charge in [0.1, 0.15) is 6.54 Å². The van der Waals surface area contributed by atoms with Gasteiger partial charge in [-0.3, -0.25) is 0 Å². The highest BCUT2D eigenvalue weighted by atomic mass is 15.6. The minimum atomic E-state index is 0.423. The van der Waals surface area contributed by atoms with E-state index in [4.69, 9.17) is 5.73 Å². The lowest BCUT2D eigenvalue weighted by molar-refractivity contribution is 0.556. The van der Waals surface area contributed by atoms with Gasteiger partial charge in [-0.15, -0.1) is 10.2 Å². The molecule has 0 unspecified atom stereocenters. The summed E-state index contributed by atoms with van der Waals surface area (Å²) in [6.07, 6.45) is 0. The van der Waals surface area contributed by atoms with Gasteiger partial charge in [-0.05, 0) is 22.9 Å². The molecule has 102 valence electrons. The number of nitrogens with two attached hydrogens (primary N) is 1. The number of aromatic nitrogens is 7. The van der Waals surface area contributed by atoms with E-state index in [1.54, 1.807) is 9.36 Å². The highest BCUT2D eigenvalue weighted by molar-refractivity contribution is 5.31. The number of rotatable bonds is 4. The summed E-state index contributed by atoms with van der Waals surface area (Å²) in [5, 5.41) is 19.6. The number of anilines is 1. The zero-order valence-corrected chi connectivity index (χ0v) is 11.0. The number of nitrogens with zero attached hydrogens (tertiary/aromatic N) is 7. The highest BCUT2D eigenvalue weighted by Crippen LogP contribution is 2.08. The summed E-state index contributed by atoms with van der Waals surface area (Å²) in [6, 6.07) is 10.0. The molecular formula is C12H14N8. The van der Waals surface area contributed by atoms with Crippen LogP contribution in [0.25, 0.3) is 0 Å². The fourth-order valence-electron chi connectivity index (χ4n) is 1.87. The van der Waals surface area contributed by atoms with E-state index >= 15 is 0 Å². The molecule has 3 rings (SSSR count). The predicted molar refractivity (Wildman–Crippen MR) is 71.6 cm³/mol. The highest BCUT2D eigenvalue weighted by Gasteiger charge is 2.11. The lowest BCUT2D eigenvalue weighted by Gasteiger charge is -2.05. The first-order valence-corrected chi connectivity index (χ1v) is 6.18. The monoisotopic (exact) mass is 270 g/mol. The van der Waals surface area contributed by atoms with Crippen LogP contribution in [0.4, 0.5) is 5.82 Å². The van der Waals surface area contributed by atoms with Crippen LogP contribution in [0.15, 0.2) is 30.3 Å². The number of hydrogen-bond acceptors (Lipinski definition) is 6. The van der Waals surface area contributed by atoms with Gasteiger partial charge in [0.15, 0.2) is 11.6 Å². The van der Waals surface area contributed by atoms with Crippen molar-refractivity contribution >= 4 is 5.82 Å². The van der Waals surface area contributed by atoms with Crippen LogP contribution in [0.1, 0.15) is 17.1 Å². The third-order valence-electron chi connectivity index (χ3n) is 3.09. The maximum atomic E-state index is 5.68. The van der Waals surface area contributed by atoms with Gasteiger partial charge in [-0.1, -0.05) is 35.5 Å². The molecule has 0 fully saturated rings. The molecule has 20 heavy (non-hydrogen) atoms. The second kappa shape index (κ2) is 5.08. The Morgan fingerprint density at radius 3 is 2.50 bits per heavy atom. The minimum absolute atomic E-state index is 0.423. The lowest BCUT2D eigenvalue weighted by atomic mass is 10.2. The molecule has 8 heteroatoms. The topological polar surface area (TPSA) is 100 Å². The lowest BCUT2D eigenvalue weighted by Crippen LogP contribution is -2.13. The number of benzene rings is 1. The Morgan fingerprint density at radius 2 is 1.80 bits per heavy atom. The van der Waals surface area contributed by atoms with Gasteiger partial charge in [-0.2, -0.15) is 0 Å². The van der Waals surface area contributed by atoms with Crippen molar-refractivity contribution in [1.82, 2.24) is 35.2 Å². The molecule has 3 aromatic rings. The molecule has 0 aliphatic rings. The average molecular weight is 270 g/mol. The zero-order chi connectivity index (χ0) is 13.9. The van der Waals surface area contributed by atoms with E-state index in [1.807, 2.05) is 37.3 Å². The van der Waals surface area contributed by atoms with E-state index in [9.17, 15) is 0 Å². The molecule has 0 aliphatic carbocycles. The van der Waals surface area contributed by atoms with Gasteiger partial charge in [0.2, 0.25) is 0 Å². The smallest absolute Gasteiger partial charge is 0.173 e. The average Bonchev–Trinajstić information content (AvgIpc) is 3.02. The fraction of sp³-hybridized carbons (Fsp3) is 0.250. The first kappa shape index (κ1) is 12.3. The molecular weight excluding hydrogens is 256 g/mol. The summed E-state index contributed by atoms with van der Waals surface area (Å²) in [5.74, 6) is 1.13. The Kier molecular flexibility index (Phi) is 3.12. The normalized spacial score (nSPS) is 10.8. The molecule has 8 nitrogen and oxygen atoms in total. The maximum Gasteiger partial charge on any atom is 0.173 e. The SMILES string of the molecule is Cc1c(N)nnn1Cc1nnnn1Cc1ccccc1. The summed E-state index contributed by atoms with van der Waals surface area (Å²) in [5.41, 5.74) is 7.62. The second-order valence-corrected chi connectivity index (χ2v) is 4.46. The molecule has 0 atom stereocenters. The van der Waals surface area contributed by atoms with Crippen molar-refractivity contribution in [3.8, 4) is 0 Å².